The third-order valence-corrected chi connectivity index (χ3v) is 4.81. The van der Waals surface area contributed by atoms with Gasteiger partial charge in [0.15, 0.2) is 5.76 Å². The number of hydrogen-bond acceptors (Lipinski definition) is 4. The van der Waals surface area contributed by atoms with Crippen LogP contribution < -0.4 is 10.1 Å². The van der Waals surface area contributed by atoms with Crippen molar-refractivity contribution in [2.45, 2.75) is 51.7 Å². The molecule has 2 N–H and O–H groups in total. The second kappa shape index (κ2) is 7.23. The van der Waals surface area contributed by atoms with Gasteiger partial charge < -0.3 is 19.6 Å². The first kappa shape index (κ1) is 18.0. The second-order valence-electron chi connectivity index (χ2n) is 6.87. The van der Waals surface area contributed by atoms with Crippen molar-refractivity contribution >= 4 is 11.9 Å². The SMILES string of the molecule is Cc1ccc(OCc2ccc(C(=O)NC3(C(=O)O)CCCC3)o2)c(C)c1. The van der Waals surface area contributed by atoms with Crippen LogP contribution in [0.3, 0.4) is 0 Å². The number of carboxylic acids is 1. The van der Waals surface area contributed by atoms with Crippen LogP contribution in [0.2, 0.25) is 0 Å². The molecule has 1 saturated carbocycles. The molecule has 1 aliphatic rings. The van der Waals surface area contributed by atoms with Crippen LogP contribution in [0.25, 0.3) is 0 Å². The average Bonchev–Trinajstić information content (AvgIpc) is 3.24. The molecule has 1 aromatic carbocycles. The molecule has 1 aliphatic carbocycles. The molecule has 0 bridgehead atoms. The highest BCUT2D eigenvalue weighted by molar-refractivity contribution is 5.96. The maximum atomic E-state index is 12.4. The highest BCUT2D eigenvalue weighted by Gasteiger charge is 2.43. The zero-order valence-electron chi connectivity index (χ0n) is 15.0. The average molecular weight is 357 g/mol. The molecule has 1 fully saturated rings. The minimum Gasteiger partial charge on any atom is -0.485 e. The number of hydrogen-bond donors (Lipinski definition) is 2. The molecule has 0 spiro atoms. The predicted molar refractivity (Wildman–Crippen MR) is 95.3 cm³/mol. The van der Waals surface area contributed by atoms with Crippen LogP contribution in [0.5, 0.6) is 5.75 Å². The van der Waals surface area contributed by atoms with Gasteiger partial charge in [0, 0.05) is 0 Å². The van der Waals surface area contributed by atoms with Crippen molar-refractivity contribution in [2.24, 2.45) is 0 Å². The van der Waals surface area contributed by atoms with Gasteiger partial charge in [-0.2, -0.15) is 0 Å². The van der Waals surface area contributed by atoms with E-state index in [1.807, 2.05) is 32.0 Å². The summed E-state index contributed by atoms with van der Waals surface area (Å²) in [5.41, 5.74) is 1.00. The molecule has 0 aliphatic heterocycles. The molecule has 1 amide bonds. The zero-order valence-corrected chi connectivity index (χ0v) is 15.0. The Bertz CT molecular complexity index is 817. The summed E-state index contributed by atoms with van der Waals surface area (Å²) < 4.78 is 11.3. The molecule has 2 aromatic rings. The van der Waals surface area contributed by atoms with Gasteiger partial charge in [0.1, 0.15) is 23.7 Å². The Balaban J connectivity index is 1.63. The van der Waals surface area contributed by atoms with E-state index in [1.54, 1.807) is 12.1 Å². The lowest BCUT2D eigenvalue weighted by Gasteiger charge is -2.24. The van der Waals surface area contributed by atoms with E-state index in [0.717, 1.165) is 29.7 Å². The lowest BCUT2D eigenvalue weighted by Crippen LogP contribution is -2.52. The molecule has 6 heteroatoms. The van der Waals surface area contributed by atoms with E-state index in [1.165, 1.54) is 0 Å². The summed E-state index contributed by atoms with van der Waals surface area (Å²) in [7, 11) is 0. The van der Waals surface area contributed by atoms with Crippen LogP contribution in [0.15, 0.2) is 34.7 Å². The number of carbonyl (C=O) groups is 2. The highest BCUT2D eigenvalue weighted by Crippen LogP contribution is 2.30. The number of aryl methyl sites for hydroxylation is 2. The van der Waals surface area contributed by atoms with Crippen LogP contribution in [0.4, 0.5) is 0 Å². The number of benzene rings is 1. The molecule has 0 unspecified atom stereocenters. The number of carboxylic acid groups (broad SMARTS) is 1. The number of amides is 1. The van der Waals surface area contributed by atoms with E-state index in [-0.39, 0.29) is 12.4 Å². The maximum Gasteiger partial charge on any atom is 0.329 e. The summed E-state index contributed by atoms with van der Waals surface area (Å²) >= 11 is 0. The van der Waals surface area contributed by atoms with Gasteiger partial charge in [-0.15, -0.1) is 0 Å². The van der Waals surface area contributed by atoms with Gasteiger partial charge in [0.05, 0.1) is 0 Å². The van der Waals surface area contributed by atoms with Crippen molar-refractivity contribution in [3.63, 3.8) is 0 Å². The normalized spacial score (nSPS) is 15.6. The first-order valence-electron chi connectivity index (χ1n) is 8.74. The number of rotatable bonds is 6. The van der Waals surface area contributed by atoms with E-state index in [0.29, 0.717) is 18.6 Å². The summed E-state index contributed by atoms with van der Waals surface area (Å²) in [4.78, 5) is 23.9. The summed E-state index contributed by atoms with van der Waals surface area (Å²) in [6.45, 7) is 4.18. The van der Waals surface area contributed by atoms with E-state index >= 15 is 0 Å². The third kappa shape index (κ3) is 3.74. The second-order valence-corrected chi connectivity index (χ2v) is 6.87. The fourth-order valence-corrected chi connectivity index (χ4v) is 3.34. The van der Waals surface area contributed by atoms with Crippen LogP contribution >= 0.6 is 0 Å². The molecule has 26 heavy (non-hydrogen) atoms. The molecule has 0 saturated heterocycles. The standard InChI is InChI=1S/C20H23NO5/c1-13-5-7-16(14(2)11-13)25-12-15-6-8-17(26-15)18(22)21-20(19(23)24)9-3-4-10-20/h5-8,11H,3-4,9-10,12H2,1-2H3,(H,21,22)(H,23,24). The molecular weight excluding hydrogens is 334 g/mol. The number of nitrogens with one attached hydrogen (secondary N) is 1. The van der Waals surface area contributed by atoms with Crippen LogP contribution in [-0.4, -0.2) is 22.5 Å². The van der Waals surface area contributed by atoms with E-state index in [2.05, 4.69) is 5.32 Å². The quantitative estimate of drug-likeness (QED) is 0.824. The van der Waals surface area contributed by atoms with Gasteiger partial charge in [-0.3, -0.25) is 4.79 Å². The molecule has 138 valence electrons. The molecule has 6 nitrogen and oxygen atoms in total. The Hall–Kier alpha value is -2.76. The molecular formula is C20H23NO5. The van der Waals surface area contributed by atoms with Crippen LogP contribution in [0.1, 0.15) is 53.1 Å². The van der Waals surface area contributed by atoms with Crippen molar-refractivity contribution in [3.8, 4) is 5.75 Å². The monoisotopic (exact) mass is 357 g/mol. The number of ether oxygens (including phenoxy) is 1. The van der Waals surface area contributed by atoms with E-state index in [9.17, 15) is 14.7 Å². The van der Waals surface area contributed by atoms with Gasteiger partial charge in [0.25, 0.3) is 5.91 Å². The molecule has 0 radical (unpaired) electrons. The van der Waals surface area contributed by atoms with Crippen molar-refractivity contribution in [1.29, 1.82) is 0 Å². The van der Waals surface area contributed by atoms with E-state index < -0.39 is 17.4 Å². The van der Waals surface area contributed by atoms with Gasteiger partial charge in [-0.1, -0.05) is 30.5 Å². The Morgan fingerprint density at radius 1 is 1.19 bits per heavy atom. The summed E-state index contributed by atoms with van der Waals surface area (Å²) in [5, 5.41) is 12.1. The van der Waals surface area contributed by atoms with Gasteiger partial charge >= 0.3 is 5.97 Å². The van der Waals surface area contributed by atoms with Crippen molar-refractivity contribution in [2.75, 3.05) is 0 Å². The van der Waals surface area contributed by atoms with Crippen LogP contribution in [0, 0.1) is 13.8 Å². The maximum absolute atomic E-state index is 12.4. The summed E-state index contributed by atoms with van der Waals surface area (Å²) in [6.07, 6.45) is 2.47. The largest absolute Gasteiger partial charge is 0.485 e. The summed E-state index contributed by atoms with van der Waals surface area (Å²) in [6, 6.07) is 9.11. The first-order valence-corrected chi connectivity index (χ1v) is 8.74. The van der Waals surface area contributed by atoms with Gasteiger partial charge in [0.2, 0.25) is 0 Å². The van der Waals surface area contributed by atoms with E-state index in [4.69, 9.17) is 9.15 Å². The lowest BCUT2D eigenvalue weighted by molar-refractivity contribution is -0.144. The van der Waals surface area contributed by atoms with Crippen molar-refractivity contribution in [1.82, 2.24) is 5.32 Å². The predicted octanol–water partition coefficient (Wildman–Crippen LogP) is 3.60. The van der Waals surface area contributed by atoms with Crippen molar-refractivity contribution in [3.05, 3.63) is 53.0 Å². The molecule has 1 aromatic heterocycles. The number of carbonyl (C=O) groups excluding carboxylic acids is 1. The zero-order chi connectivity index (χ0) is 18.7. The Morgan fingerprint density at radius 2 is 1.92 bits per heavy atom. The van der Waals surface area contributed by atoms with Gasteiger partial charge in [-0.05, 0) is 50.5 Å². The minimum absolute atomic E-state index is 0.0942. The molecule has 0 atom stereocenters. The fraction of sp³-hybridized carbons (Fsp3) is 0.400. The minimum atomic E-state index is -1.18. The summed E-state index contributed by atoms with van der Waals surface area (Å²) in [5.74, 6) is -0.142. The fourth-order valence-electron chi connectivity index (χ4n) is 3.34. The third-order valence-electron chi connectivity index (χ3n) is 4.81. The Labute approximate surface area is 152 Å². The Kier molecular flexibility index (Phi) is 5.02. The highest BCUT2D eigenvalue weighted by atomic mass is 16.5. The van der Waals surface area contributed by atoms with Crippen molar-refractivity contribution < 1.29 is 23.8 Å². The molecule has 3 rings (SSSR count). The Morgan fingerprint density at radius 3 is 2.58 bits per heavy atom. The van der Waals surface area contributed by atoms with Crippen LogP contribution in [-0.2, 0) is 11.4 Å². The smallest absolute Gasteiger partial charge is 0.329 e. The lowest BCUT2D eigenvalue weighted by atomic mass is 9.98. The first-order chi connectivity index (χ1) is 12.4. The number of aliphatic carboxylic acids is 1. The topological polar surface area (TPSA) is 88.8 Å². The molecule has 1 heterocycles. The van der Waals surface area contributed by atoms with Gasteiger partial charge in [-0.25, -0.2) is 4.79 Å². The number of furan rings is 1.